The average Bonchev–Trinajstić information content (AvgIpc) is 2.75. The molecule has 0 spiro atoms. The molecule has 1 fully saturated rings. The van der Waals surface area contributed by atoms with Gasteiger partial charge in [-0.25, -0.2) is 0 Å². The molecule has 0 aromatic heterocycles. The van der Waals surface area contributed by atoms with Crippen LogP contribution in [0.25, 0.3) is 10.8 Å². The number of carbonyl (C=O) groups excluding carboxylic acids is 1. The number of Topliss-reactive ketones (excluding diaryl/α,β-unsaturated/α-hetero) is 1. The molecule has 3 heteroatoms. The molecule has 2 aromatic rings. The van der Waals surface area contributed by atoms with E-state index in [-0.39, 0.29) is 0 Å². The molecule has 1 aliphatic rings. The Balaban J connectivity index is 1.62. The van der Waals surface area contributed by atoms with E-state index in [1.165, 1.54) is 10.8 Å². The molecule has 0 radical (unpaired) electrons. The SMILES string of the molecule is O=C(Cc1ccc2ccccc2c1)CN1CCCNCC1. The summed E-state index contributed by atoms with van der Waals surface area (Å²) in [4.78, 5) is 14.5. The van der Waals surface area contributed by atoms with Gasteiger partial charge in [0.2, 0.25) is 0 Å². The minimum Gasteiger partial charge on any atom is -0.315 e. The molecule has 0 atom stereocenters. The summed E-state index contributed by atoms with van der Waals surface area (Å²) in [7, 11) is 0. The monoisotopic (exact) mass is 282 g/mol. The van der Waals surface area contributed by atoms with E-state index in [4.69, 9.17) is 0 Å². The first-order valence-electron chi connectivity index (χ1n) is 7.74. The number of rotatable bonds is 4. The summed E-state index contributed by atoms with van der Waals surface area (Å²) in [5.41, 5.74) is 1.12. The molecular weight excluding hydrogens is 260 g/mol. The van der Waals surface area contributed by atoms with Crippen molar-refractivity contribution in [3.8, 4) is 0 Å². The summed E-state index contributed by atoms with van der Waals surface area (Å²) >= 11 is 0. The number of hydrogen-bond acceptors (Lipinski definition) is 3. The van der Waals surface area contributed by atoms with Crippen LogP contribution in [-0.2, 0) is 11.2 Å². The summed E-state index contributed by atoms with van der Waals surface area (Å²) < 4.78 is 0. The molecule has 0 amide bonds. The number of fused-ring (bicyclic) bond motifs is 1. The molecule has 1 heterocycles. The topological polar surface area (TPSA) is 32.3 Å². The Hall–Kier alpha value is -1.71. The van der Waals surface area contributed by atoms with Gasteiger partial charge in [-0.15, -0.1) is 0 Å². The van der Waals surface area contributed by atoms with Crippen molar-refractivity contribution in [1.82, 2.24) is 10.2 Å². The number of nitrogens with one attached hydrogen (secondary N) is 1. The fourth-order valence-corrected chi connectivity index (χ4v) is 2.94. The van der Waals surface area contributed by atoms with E-state index in [9.17, 15) is 4.79 Å². The third-order valence-electron chi connectivity index (χ3n) is 4.05. The zero-order valence-corrected chi connectivity index (χ0v) is 12.3. The molecule has 3 rings (SSSR count). The van der Waals surface area contributed by atoms with Crippen LogP contribution in [0.3, 0.4) is 0 Å². The lowest BCUT2D eigenvalue weighted by Crippen LogP contribution is -2.33. The second-order valence-corrected chi connectivity index (χ2v) is 5.78. The van der Waals surface area contributed by atoms with E-state index in [0.717, 1.165) is 38.2 Å². The first-order valence-corrected chi connectivity index (χ1v) is 7.74. The van der Waals surface area contributed by atoms with E-state index in [2.05, 4.69) is 40.5 Å². The lowest BCUT2D eigenvalue weighted by atomic mass is 10.0. The predicted octanol–water partition coefficient (Wildman–Crippen LogP) is 2.25. The van der Waals surface area contributed by atoms with Gasteiger partial charge in [0.1, 0.15) is 0 Å². The average molecular weight is 282 g/mol. The van der Waals surface area contributed by atoms with Gasteiger partial charge in [-0.1, -0.05) is 42.5 Å². The van der Waals surface area contributed by atoms with Crippen molar-refractivity contribution in [3.63, 3.8) is 0 Å². The summed E-state index contributed by atoms with van der Waals surface area (Å²) in [5, 5.41) is 5.81. The highest BCUT2D eigenvalue weighted by molar-refractivity contribution is 5.86. The fraction of sp³-hybridized carbons (Fsp3) is 0.389. The zero-order chi connectivity index (χ0) is 14.5. The van der Waals surface area contributed by atoms with Gasteiger partial charge in [0.25, 0.3) is 0 Å². The van der Waals surface area contributed by atoms with Gasteiger partial charge in [-0.05, 0) is 35.8 Å². The molecule has 110 valence electrons. The number of carbonyl (C=O) groups is 1. The van der Waals surface area contributed by atoms with Crippen molar-refractivity contribution in [1.29, 1.82) is 0 Å². The van der Waals surface area contributed by atoms with Crippen LogP contribution in [0.1, 0.15) is 12.0 Å². The van der Waals surface area contributed by atoms with E-state index < -0.39 is 0 Å². The van der Waals surface area contributed by atoms with Crippen molar-refractivity contribution in [2.24, 2.45) is 0 Å². The number of nitrogens with zero attached hydrogens (tertiary/aromatic N) is 1. The number of benzene rings is 2. The summed E-state index contributed by atoms with van der Waals surface area (Å²) in [6, 6.07) is 14.6. The van der Waals surface area contributed by atoms with Crippen molar-refractivity contribution in [3.05, 3.63) is 48.0 Å². The Morgan fingerprint density at radius 2 is 1.90 bits per heavy atom. The Labute approximate surface area is 125 Å². The highest BCUT2D eigenvalue weighted by Gasteiger charge is 2.13. The summed E-state index contributed by atoms with van der Waals surface area (Å²) in [6.07, 6.45) is 1.66. The van der Waals surface area contributed by atoms with Crippen LogP contribution in [-0.4, -0.2) is 43.4 Å². The van der Waals surface area contributed by atoms with Crippen molar-refractivity contribution >= 4 is 16.6 Å². The molecule has 1 saturated heterocycles. The van der Waals surface area contributed by atoms with Gasteiger partial charge < -0.3 is 5.32 Å². The molecule has 3 nitrogen and oxygen atoms in total. The van der Waals surface area contributed by atoms with Gasteiger partial charge in [-0.2, -0.15) is 0 Å². The quantitative estimate of drug-likeness (QED) is 0.933. The van der Waals surface area contributed by atoms with Crippen LogP contribution < -0.4 is 5.32 Å². The Kier molecular flexibility index (Phi) is 4.63. The van der Waals surface area contributed by atoms with Gasteiger partial charge >= 0.3 is 0 Å². The molecule has 1 N–H and O–H groups in total. The first kappa shape index (κ1) is 14.2. The molecule has 0 aliphatic carbocycles. The van der Waals surface area contributed by atoms with Gasteiger partial charge in [0, 0.05) is 19.5 Å². The van der Waals surface area contributed by atoms with Gasteiger partial charge in [0.05, 0.1) is 6.54 Å². The largest absolute Gasteiger partial charge is 0.315 e. The Bertz CT molecular complexity index is 615. The van der Waals surface area contributed by atoms with Gasteiger partial charge in [0.15, 0.2) is 5.78 Å². The van der Waals surface area contributed by atoms with Crippen LogP contribution in [0.4, 0.5) is 0 Å². The Morgan fingerprint density at radius 3 is 2.81 bits per heavy atom. The van der Waals surface area contributed by atoms with Crippen LogP contribution in [0.15, 0.2) is 42.5 Å². The second kappa shape index (κ2) is 6.83. The van der Waals surface area contributed by atoms with E-state index in [1.807, 2.05) is 12.1 Å². The zero-order valence-electron chi connectivity index (χ0n) is 12.3. The van der Waals surface area contributed by atoms with E-state index >= 15 is 0 Å². The molecular formula is C18H22N2O. The Morgan fingerprint density at radius 1 is 1.05 bits per heavy atom. The summed E-state index contributed by atoms with van der Waals surface area (Å²) in [5.74, 6) is 0.312. The molecule has 0 bridgehead atoms. The molecule has 0 unspecified atom stereocenters. The fourth-order valence-electron chi connectivity index (χ4n) is 2.94. The van der Waals surface area contributed by atoms with Crippen LogP contribution in [0.2, 0.25) is 0 Å². The first-order chi connectivity index (χ1) is 10.3. The van der Waals surface area contributed by atoms with Crippen LogP contribution >= 0.6 is 0 Å². The third-order valence-corrected chi connectivity index (χ3v) is 4.05. The molecule has 21 heavy (non-hydrogen) atoms. The maximum absolute atomic E-state index is 12.3. The second-order valence-electron chi connectivity index (χ2n) is 5.78. The third kappa shape index (κ3) is 3.90. The maximum Gasteiger partial charge on any atom is 0.151 e. The minimum absolute atomic E-state index is 0.312. The van der Waals surface area contributed by atoms with Crippen molar-refractivity contribution in [2.45, 2.75) is 12.8 Å². The highest BCUT2D eigenvalue weighted by atomic mass is 16.1. The maximum atomic E-state index is 12.3. The number of hydrogen-bond donors (Lipinski definition) is 1. The van der Waals surface area contributed by atoms with Crippen LogP contribution in [0.5, 0.6) is 0 Å². The molecule has 2 aromatic carbocycles. The molecule has 0 saturated carbocycles. The molecule has 1 aliphatic heterocycles. The van der Waals surface area contributed by atoms with Crippen molar-refractivity contribution in [2.75, 3.05) is 32.7 Å². The minimum atomic E-state index is 0.312. The predicted molar refractivity (Wildman–Crippen MR) is 86.6 cm³/mol. The normalized spacial score (nSPS) is 16.8. The lowest BCUT2D eigenvalue weighted by molar-refractivity contribution is -0.119. The van der Waals surface area contributed by atoms with Crippen LogP contribution in [0, 0.1) is 0 Å². The smallest absolute Gasteiger partial charge is 0.151 e. The lowest BCUT2D eigenvalue weighted by Gasteiger charge is -2.18. The summed E-state index contributed by atoms with van der Waals surface area (Å²) in [6.45, 7) is 4.63. The number of ketones is 1. The van der Waals surface area contributed by atoms with E-state index in [0.29, 0.717) is 18.7 Å². The van der Waals surface area contributed by atoms with E-state index in [1.54, 1.807) is 0 Å². The van der Waals surface area contributed by atoms with Crippen molar-refractivity contribution < 1.29 is 4.79 Å². The van der Waals surface area contributed by atoms with Gasteiger partial charge in [-0.3, -0.25) is 9.69 Å². The standard InChI is InChI=1S/C18H22N2O/c21-18(14-20-10-3-8-19-9-11-20)13-15-6-7-16-4-1-2-5-17(16)12-15/h1-2,4-7,12,19H,3,8-11,13-14H2. The highest BCUT2D eigenvalue weighted by Crippen LogP contribution is 2.16.